The van der Waals surface area contributed by atoms with Gasteiger partial charge in [-0.15, -0.1) is 34.4 Å². The molecule has 0 saturated carbocycles. The van der Waals surface area contributed by atoms with Gasteiger partial charge < -0.3 is 5.32 Å². The molecule has 0 aliphatic heterocycles. The summed E-state index contributed by atoms with van der Waals surface area (Å²) in [6, 6.07) is 9.00. The summed E-state index contributed by atoms with van der Waals surface area (Å²) < 4.78 is 1.13. The van der Waals surface area contributed by atoms with E-state index >= 15 is 0 Å². The summed E-state index contributed by atoms with van der Waals surface area (Å²) in [5.74, 6) is -0.120. The third-order valence-corrected chi connectivity index (χ3v) is 6.92. The molecule has 2 amide bonds. The van der Waals surface area contributed by atoms with Gasteiger partial charge in [0.15, 0.2) is 5.13 Å². The number of carbonyl (C=O) groups excluding carboxylic acids is 2. The minimum atomic E-state index is -0.285. The van der Waals surface area contributed by atoms with E-state index in [1.165, 1.54) is 34.4 Å². The van der Waals surface area contributed by atoms with Gasteiger partial charge in [0.05, 0.1) is 21.3 Å². The average molecular weight is 486 g/mol. The first-order valence-electron chi connectivity index (χ1n) is 8.56. The largest absolute Gasteiger partial charge is 0.353 e. The second-order valence-electron chi connectivity index (χ2n) is 6.24. The summed E-state index contributed by atoms with van der Waals surface area (Å²) >= 11 is 16.1. The van der Waals surface area contributed by atoms with Crippen LogP contribution in [0.4, 0.5) is 5.13 Å². The summed E-state index contributed by atoms with van der Waals surface area (Å²) in [6.07, 6.45) is 0. The number of halogens is 2. The van der Waals surface area contributed by atoms with E-state index in [0.717, 1.165) is 10.5 Å². The van der Waals surface area contributed by atoms with Crippen LogP contribution in [0.1, 0.15) is 24.2 Å². The Morgan fingerprint density at radius 2 is 2.00 bits per heavy atom. The standard InChI is InChI=1S/C19H17Cl2N3O2S3/c1-10(2)22-16(25)9-27-14-6-4-3-5-11(14)18(26)24-19-23-13(8-28-19)12-7-15(20)29-17(12)21/h3-8,10H,9H2,1-2H3,(H,22,25)(H,23,24,26). The van der Waals surface area contributed by atoms with E-state index in [0.29, 0.717) is 25.1 Å². The smallest absolute Gasteiger partial charge is 0.258 e. The molecule has 0 atom stereocenters. The lowest BCUT2D eigenvalue weighted by atomic mass is 10.2. The predicted molar refractivity (Wildman–Crippen MR) is 124 cm³/mol. The Morgan fingerprint density at radius 3 is 2.69 bits per heavy atom. The van der Waals surface area contributed by atoms with E-state index in [9.17, 15) is 9.59 Å². The Labute approximate surface area is 190 Å². The van der Waals surface area contributed by atoms with Gasteiger partial charge in [-0.05, 0) is 32.0 Å². The number of nitrogens with zero attached hydrogens (tertiary/aromatic N) is 1. The molecule has 3 rings (SSSR count). The number of hydrogen-bond donors (Lipinski definition) is 2. The van der Waals surface area contributed by atoms with Crippen molar-refractivity contribution in [2.24, 2.45) is 0 Å². The highest BCUT2D eigenvalue weighted by Gasteiger charge is 2.16. The van der Waals surface area contributed by atoms with Gasteiger partial charge >= 0.3 is 0 Å². The van der Waals surface area contributed by atoms with Crippen LogP contribution in [0.25, 0.3) is 11.3 Å². The van der Waals surface area contributed by atoms with E-state index in [-0.39, 0.29) is 23.6 Å². The first-order valence-corrected chi connectivity index (χ1v) is 12.0. The van der Waals surface area contributed by atoms with Crippen molar-refractivity contribution in [3.8, 4) is 11.3 Å². The quantitative estimate of drug-likeness (QED) is 0.399. The zero-order valence-electron chi connectivity index (χ0n) is 15.5. The summed E-state index contributed by atoms with van der Waals surface area (Å²) in [5, 5.41) is 7.93. The summed E-state index contributed by atoms with van der Waals surface area (Å²) in [7, 11) is 0. The van der Waals surface area contributed by atoms with Crippen molar-refractivity contribution < 1.29 is 9.59 Å². The topological polar surface area (TPSA) is 71.1 Å². The Bertz CT molecular complexity index is 1030. The molecular weight excluding hydrogens is 469 g/mol. The van der Waals surface area contributed by atoms with Crippen LogP contribution >= 0.6 is 57.6 Å². The number of hydrogen-bond acceptors (Lipinski definition) is 6. The summed E-state index contributed by atoms with van der Waals surface area (Å²) in [6.45, 7) is 3.81. The van der Waals surface area contributed by atoms with Crippen molar-refractivity contribution >= 4 is 74.6 Å². The number of nitrogens with one attached hydrogen (secondary N) is 2. The van der Waals surface area contributed by atoms with E-state index in [1.807, 2.05) is 31.4 Å². The highest BCUT2D eigenvalue weighted by atomic mass is 35.5. The van der Waals surface area contributed by atoms with Gasteiger partial charge in [0, 0.05) is 21.9 Å². The second kappa shape index (κ2) is 9.95. The van der Waals surface area contributed by atoms with E-state index in [2.05, 4.69) is 15.6 Å². The summed E-state index contributed by atoms with van der Waals surface area (Å²) in [4.78, 5) is 29.8. The van der Waals surface area contributed by atoms with Crippen molar-refractivity contribution in [1.82, 2.24) is 10.3 Å². The first-order chi connectivity index (χ1) is 13.8. The van der Waals surface area contributed by atoms with Crippen molar-refractivity contribution in [2.45, 2.75) is 24.8 Å². The zero-order valence-corrected chi connectivity index (χ0v) is 19.5. The minimum Gasteiger partial charge on any atom is -0.353 e. The van der Waals surface area contributed by atoms with Gasteiger partial charge in [0.1, 0.15) is 4.34 Å². The number of aromatic nitrogens is 1. The van der Waals surface area contributed by atoms with E-state index in [1.54, 1.807) is 18.2 Å². The summed E-state index contributed by atoms with van der Waals surface area (Å²) in [5.41, 5.74) is 1.89. The number of rotatable bonds is 7. The van der Waals surface area contributed by atoms with Gasteiger partial charge in [0.25, 0.3) is 5.91 Å². The van der Waals surface area contributed by atoms with Crippen LogP contribution in [0, 0.1) is 0 Å². The maximum absolute atomic E-state index is 12.8. The normalized spacial score (nSPS) is 10.9. The maximum Gasteiger partial charge on any atom is 0.258 e. The van der Waals surface area contributed by atoms with E-state index in [4.69, 9.17) is 23.2 Å². The Hall–Kier alpha value is -1.58. The SMILES string of the molecule is CC(C)NC(=O)CSc1ccccc1C(=O)Nc1nc(-c2cc(Cl)sc2Cl)cs1. The van der Waals surface area contributed by atoms with Crippen LogP contribution in [0.5, 0.6) is 0 Å². The highest BCUT2D eigenvalue weighted by Crippen LogP contribution is 2.39. The average Bonchev–Trinajstić information content (AvgIpc) is 3.25. The Kier molecular flexibility index (Phi) is 7.59. The molecule has 0 aliphatic carbocycles. The highest BCUT2D eigenvalue weighted by molar-refractivity contribution is 8.00. The molecule has 2 N–H and O–H groups in total. The zero-order chi connectivity index (χ0) is 21.0. The fourth-order valence-electron chi connectivity index (χ4n) is 2.42. The number of carbonyl (C=O) groups is 2. The van der Waals surface area contributed by atoms with Crippen molar-refractivity contribution in [2.75, 3.05) is 11.1 Å². The lowest BCUT2D eigenvalue weighted by Crippen LogP contribution is -2.31. The molecule has 1 aromatic carbocycles. The Balaban J connectivity index is 1.70. The fraction of sp³-hybridized carbons (Fsp3) is 0.211. The molecule has 0 saturated heterocycles. The molecule has 0 radical (unpaired) electrons. The van der Waals surface area contributed by atoms with Crippen molar-refractivity contribution in [1.29, 1.82) is 0 Å². The molecular formula is C19H17Cl2N3O2S3. The maximum atomic E-state index is 12.8. The van der Waals surface area contributed by atoms with Crippen LogP contribution in [0.2, 0.25) is 8.67 Å². The molecule has 2 heterocycles. The third-order valence-electron chi connectivity index (χ3n) is 3.60. The third kappa shape index (κ3) is 5.96. The van der Waals surface area contributed by atoms with Gasteiger partial charge in [0.2, 0.25) is 5.91 Å². The minimum absolute atomic E-state index is 0.0731. The molecule has 0 bridgehead atoms. The Morgan fingerprint density at radius 1 is 1.24 bits per heavy atom. The van der Waals surface area contributed by atoms with Crippen LogP contribution in [-0.4, -0.2) is 28.6 Å². The van der Waals surface area contributed by atoms with Crippen molar-refractivity contribution in [3.05, 3.63) is 49.9 Å². The van der Waals surface area contributed by atoms with Crippen LogP contribution in [-0.2, 0) is 4.79 Å². The lowest BCUT2D eigenvalue weighted by Gasteiger charge is -2.10. The molecule has 0 aliphatic rings. The molecule has 152 valence electrons. The monoisotopic (exact) mass is 485 g/mol. The molecule has 2 aromatic heterocycles. The van der Waals surface area contributed by atoms with Gasteiger partial charge in [-0.3, -0.25) is 14.9 Å². The molecule has 0 unspecified atom stereocenters. The van der Waals surface area contributed by atoms with Gasteiger partial charge in [-0.1, -0.05) is 35.3 Å². The van der Waals surface area contributed by atoms with Crippen LogP contribution in [0.3, 0.4) is 0 Å². The van der Waals surface area contributed by atoms with Gasteiger partial charge in [-0.25, -0.2) is 4.98 Å². The first kappa shape index (κ1) is 22.1. The lowest BCUT2D eigenvalue weighted by molar-refractivity contribution is -0.119. The fourth-order valence-corrected chi connectivity index (χ4v) is 5.47. The second-order valence-corrected chi connectivity index (χ2v) is 10.4. The number of thiazole rings is 1. The number of benzene rings is 1. The van der Waals surface area contributed by atoms with Crippen LogP contribution in [0.15, 0.2) is 40.6 Å². The number of thiophene rings is 1. The molecule has 10 heteroatoms. The van der Waals surface area contributed by atoms with Crippen LogP contribution < -0.4 is 10.6 Å². The molecule has 5 nitrogen and oxygen atoms in total. The molecule has 3 aromatic rings. The predicted octanol–water partition coefficient (Wildman–Crippen LogP) is 6.05. The number of amides is 2. The number of thioether (sulfide) groups is 1. The molecule has 0 fully saturated rings. The van der Waals surface area contributed by atoms with Gasteiger partial charge in [-0.2, -0.15) is 0 Å². The van der Waals surface area contributed by atoms with E-state index < -0.39 is 0 Å². The molecule has 0 spiro atoms. The van der Waals surface area contributed by atoms with Crippen molar-refractivity contribution in [3.63, 3.8) is 0 Å². The molecule has 29 heavy (non-hydrogen) atoms. The number of anilines is 1.